The van der Waals surface area contributed by atoms with Gasteiger partial charge in [-0.25, -0.2) is 0 Å². The van der Waals surface area contributed by atoms with Gasteiger partial charge in [0.05, 0.1) is 12.6 Å². The molecule has 0 spiro atoms. The monoisotopic (exact) mass is 183 g/mol. The highest BCUT2D eigenvalue weighted by molar-refractivity contribution is 5.76. The van der Waals surface area contributed by atoms with E-state index < -0.39 is 0 Å². The third kappa shape index (κ3) is 7.29. The molecule has 74 valence electrons. The van der Waals surface area contributed by atoms with Crippen molar-refractivity contribution >= 4 is 5.91 Å². The second-order valence-corrected chi connectivity index (χ2v) is 2.96. The van der Waals surface area contributed by atoms with Crippen molar-refractivity contribution < 1.29 is 4.79 Å². The van der Waals surface area contributed by atoms with E-state index in [1.807, 2.05) is 19.9 Å². The van der Waals surface area contributed by atoms with E-state index in [2.05, 4.69) is 10.6 Å². The fourth-order valence-electron chi connectivity index (χ4n) is 0.795. The van der Waals surface area contributed by atoms with Crippen LogP contribution in [-0.2, 0) is 4.79 Å². The molecule has 0 radical (unpaired) electrons. The first kappa shape index (κ1) is 11.9. The molecule has 4 heteroatoms. The Kier molecular flexibility index (Phi) is 6.93. The first-order chi connectivity index (χ1) is 6.20. The SMILES string of the molecule is CCC(C)NC(=O)CCNCC#N. The molecule has 1 amide bonds. The van der Waals surface area contributed by atoms with Crippen molar-refractivity contribution in [3.63, 3.8) is 0 Å². The Bertz CT molecular complexity index is 186. The average molecular weight is 183 g/mol. The molecule has 0 fully saturated rings. The zero-order chi connectivity index (χ0) is 10.1. The first-order valence-electron chi connectivity index (χ1n) is 4.57. The van der Waals surface area contributed by atoms with E-state index in [1.165, 1.54) is 0 Å². The zero-order valence-corrected chi connectivity index (χ0v) is 8.26. The predicted octanol–water partition coefficient (Wildman–Crippen LogP) is 0.404. The van der Waals surface area contributed by atoms with Crippen LogP contribution in [0.4, 0.5) is 0 Å². The number of amides is 1. The summed E-state index contributed by atoms with van der Waals surface area (Å²) in [5, 5.41) is 13.9. The third-order valence-electron chi connectivity index (χ3n) is 1.75. The molecule has 0 aliphatic carbocycles. The van der Waals surface area contributed by atoms with E-state index in [0.717, 1.165) is 6.42 Å². The summed E-state index contributed by atoms with van der Waals surface area (Å²) in [6.45, 7) is 4.87. The van der Waals surface area contributed by atoms with E-state index >= 15 is 0 Å². The molecule has 2 N–H and O–H groups in total. The minimum atomic E-state index is 0.0415. The largest absolute Gasteiger partial charge is 0.354 e. The van der Waals surface area contributed by atoms with E-state index in [4.69, 9.17) is 5.26 Å². The van der Waals surface area contributed by atoms with Crippen molar-refractivity contribution in [1.82, 2.24) is 10.6 Å². The van der Waals surface area contributed by atoms with Gasteiger partial charge in [-0.15, -0.1) is 0 Å². The molecule has 0 bridgehead atoms. The number of rotatable bonds is 6. The lowest BCUT2D eigenvalue weighted by molar-refractivity contribution is -0.121. The van der Waals surface area contributed by atoms with E-state index in [-0.39, 0.29) is 11.9 Å². The number of carbonyl (C=O) groups is 1. The summed E-state index contributed by atoms with van der Waals surface area (Å²) >= 11 is 0. The van der Waals surface area contributed by atoms with Crippen molar-refractivity contribution in [2.45, 2.75) is 32.7 Å². The molecule has 0 aromatic carbocycles. The number of hydrogen-bond acceptors (Lipinski definition) is 3. The van der Waals surface area contributed by atoms with Crippen molar-refractivity contribution in [1.29, 1.82) is 5.26 Å². The molecule has 1 atom stereocenters. The quantitative estimate of drug-likeness (QED) is 0.463. The Hall–Kier alpha value is -1.08. The highest BCUT2D eigenvalue weighted by Gasteiger charge is 2.03. The number of nitrogens with one attached hydrogen (secondary N) is 2. The zero-order valence-electron chi connectivity index (χ0n) is 8.26. The summed E-state index contributed by atoms with van der Waals surface area (Å²) in [5.41, 5.74) is 0. The molecule has 0 aliphatic rings. The van der Waals surface area contributed by atoms with Gasteiger partial charge in [0.1, 0.15) is 0 Å². The van der Waals surface area contributed by atoms with Crippen LogP contribution in [0.25, 0.3) is 0 Å². The van der Waals surface area contributed by atoms with Gasteiger partial charge >= 0.3 is 0 Å². The highest BCUT2D eigenvalue weighted by Crippen LogP contribution is 1.88. The van der Waals surface area contributed by atoms with Crippen molar-refractivity contribution in [2.24, 2.45) is 0 Å². The lowest BCUT2D eigenvalue weighted by Gasteiger charge is -2.10. The Morgan fingerprint density at radius 3 is 2.85 bits per heavy atom. The van der Waals surface area contributed by atoms with Gasteiger partial charge in [-0.2, -0.15) is 5.26 Å². The molecule has 0 aliphatic heterocycles. The van der Waals surface area contributed by atoms with E-state index in [1.54, 1.807) is 0 Å². The summed E-state index contributed by atoms with van der Waals surface area (Å²) < 4.78 is 0. The van der Waals surface area contributed by atoms with Crippen LogP contribution in [0, 0.1) is 11.3 Å². The number of hydrogen-bond donors (Lipinski definition) is 2. The van der Waals surface area contributed by atoms with Gasteiger partial charge in [-0.05, 0) is 13.3 Å². The molecular formula is C9H17N3O. The van der Waals surface area contributed by atoms with E-state index in [9.17, 15) is 4.79 Å². The van der Waals surface area contributed by atoms with Gasteiger partial charge in [-0.1, -0.05) is 6.92 Å². The molecule has 13 heavy (non-hydrogen) atoms. The van der Waals surface area contributed by atoms with Gasteiger partial charge in [0, 0.05) is 19.0 Å². The lowest BCUT2D eigenvalue weighted by atomic mass is 10.2. The molecule has 4 nitrogen and oxygen atoms in total. The number of nitriles is 1. The Balaban J connectivity index is 3.36. The highest BCUT2D eigenvalue weighted by atomic mass is 16.1. The third-order valence-corrected chi connectivity index (χ3v) is 1.75. The van der Waals surface area contributed by atoms with Crippen LogP contribution < -0.4 is 10.6 Å². The topological polar surface area (TPSA) is 64.9 Å². The van der Waals surface area contributed by atoms with Crippen LogP contribution in [0.5, 0.6) is 0 Å². The molecule has 0 saturated heterocycles. The smallest absolute Gasteiger partial charge is 0.221 e. The second kappa shape index (κ2) is 7.56. The Morgan fingerprint density at radius 1 is 1.62 bits per heavy atom. The maximum Gasteiger partial charge on any atom is 0.221 e. The fraction of sp³-hybridized carbons (Fsp3) is 0.778. The van der Waals surface area contributed by atoms with Gasteiger partial charge in [-0.3, -0.25) is 4.79 Å². The molecule has 0 saturated carbocycles. The summed E-state index contributed by atoms with van der Waals surface area (Å²) in [7, 11) is 0. The van der Waals surface area contributed by atoms with Gasteiger partial charge in [0.15, 0.2) is 0 Å². The summed E-state index contributed by atoms with van der Waals surface area (Å²) in [5.74, 6) is 0.0415. The lowest BCUT2D eigenvalue weighted by Crippen LogP contribution is -2.34. The maximum absolute atomic E-state index is 11.1. The average Bonchev–Trinajstić information content (AvgIpc) is 2.12. The maximum atomic E-state index is 11.1. The number of carbonyl (C=O) groups excluding carboxylic acids is 1. The standard InChI is InChI=1S/C9H17N3O/c1-3-8(2)12-9(13)4-6-11-7-5-10/h8,11H,3-4,6-7H2,1-2H3,(H,12,13). The van der Waals surface area contributed by atoms with Crippen molar-refractivity contribution in [3.05, 3.63) is 0 Å². The molecule has 0 aromatic heterocycles. The minimum Gasteiger partial charge on any atom is -0.354 e. The molecule has 0 aromatic rings. The van der Waals surface area contributed by atoms with Gasteiger partial charge in [0.25, 0.3) is 0 Å². The molecule has 1 unspecified atom stereocenters. The van der Waals surface area contributed by atoms with Gasteiger partial charge < -0.3 is 10.6 Å². The van der Waals surface area contributed by atoms with Gasteiger partial charge in [0.2, 0.25) is 5.91 Å². The van der Waals surface area contributed by atoms with Crippen molar-refractivity contribution in [3.8, 4) is 6.07 Å². The van der Waals surface area contributed by atoms with Crippen LogP contribution in [0.15, 0.2) is 0 Å². The van der Waals surface area contributed by atoms with Crippen molar-refractivity contribution in [2.75, 3.05) is 13.1 Å². The predicted molar refractivity (Wildman–Crippen MR) is 51.0 cm³/mol. The summed E-state index contributed by atoms with van der Waals surface area (Å²) in [6.07, 6.45) is 1.38. The van der Waals surface area contributed by atoms with Crippen LogP contribution in [-0.4, -0.2) is 25.0 Å². The normalized spacial score (nSPS) is 11.8. The molecular weight excluding hydrogens is 166 g/mol. The molecule has 0 rings (SSSR count). The number of nitrogens with zero attached hydrogens (tertiary/aromatic N) is 1. The van der Waals surface area contributed by atoms with Crippen LogP contribution >= 0.6 is 0 Å². The second-order valence-electron chi connectivity index (χ2n) is 2.96. The fourth-order valence-corrected chi connectivity index (χ4v) is 0.795. The minimum absolute atomic E-state index is 0.0415. The van der Waals surface area contributed by atoms with Crippen LogP contribution in [0.3, 0.4) is 0 Å². The molecule has 0 heterocycles. The summed E-state index contributed by atoms with van der Waals surface area (Å²) in [6, 6.07) is 2.19. The van der Waals surface area contributed by atoms with E-state index in [0.29, 0.717) is 19.5 Å². The Morgan fingerprint density at radius 2 is 2.31 bits per heavy atom. The Labute approximate surface area is 79.3 Å². The van der Waals surface area contributed by atoms with Crippen LogP contribution in [0.2, 0.25) is 0 Å². The first-order valence-corrected chi connectivity index (χ1v) is 4.57. The summed E-state index contributed by atoms with van der Waals surface area (Å²) in [4.78, 5) is 11.1. The van der Waals surface area contributed by atoms with Crippen LogP contribution in [0.1, 0.15) is 26.7 Å².